The molecule has 0 atom stereocenters. The third-order valence-corrected chi connectivity index (χ3v) is 6.15. The minimum absolute atomic E-state index is 0.0179. The zero-order valence-corrected chi connectivity index (χ0v) is 18.9. The number of halogens is 2. The summed E-state index contributed by atoms with van der Waals surface area (Å²) in [7, 11) is 1.84. The summed E-state index contributed by atoms with van der Waals surface area (Å²) in [6, 6.07) is 16.5. The van der Waals surface area contributed by atoms with Crippen LogP contribution in [-0.4, -0.2) is 37.6 Å². The lowest BCUT2D eigenvalue weighted by Crippen LogP contribution is -2.23. The van der Waals surface area contributed by atoms with E-state index < -0.39 is 13.0 Å². The zero-order chi connectivity index (χ0) is 24.1. The van der Waals surface area contributed by atoms with Crippen molar-refractivity contribution < 1.29 is 13.5 Å². The minimum atomic E-state index is -2.63. The van der Waals surface area contributed by atoms with E-state index in [2.05, 4.69) is 15.2 Å². The van der Waals surface area contributed by atoms with E-state index in [0.717, 1.165) is 10.9 Å². The van der Waals surface area contributed by atoms with Crippen molar-refractivity contribution >= 4 is 21.9 Å². The molecule has 2 aromatic carbocycles. The number of aromatic nitrogens is 5. The van der Waals surface area contributed by atoms with Gasteiger partial charge in [-0.25, -0.2) is 13.8 Å². The van der Waals surface area contributed by atoms with E-state index in [1.54, 1.807) is 16.8 Å². The van der Waals surface area contributed by atoms with Gasteiger partial charge in [0.15, 0.2) is 6.61 Å². The Morgan fingerprint density at radius 1 is 1.03 bits per heavy atom. The zero-order valence-electron chi connectivity index (χ0n) is 18.9. The van der Waals surface area contributed by atoms with Crippen molar-refractivity contribution in [1.29, 1.82) is 0 Å². The largest absolute Gasteiger partial charge is 0.472 e. The summed E-state index contributed by atoms with van der Waals surface area (Å²) in [4.78, 5) is 18.2. The molecular formula is C26H21F2N5O2. The van der Waals surface area contributed by atoms with Gasteiger partial charge < -0.3 is 4.74 Å². The molecule has 3 heterocycles. The average Bonchev–Trinajstić information content (AvgIpc) is 3.63. The monoisotopic (exact) mass is 473 g/mol. The molecule has 0 bridgehead atoms. The lowest BCUT2D eigenvalue weighted by atomic mass is 10.0. The Morgan fingerprint density at radius 3 is 2.54 bits per heavy atom. The van der Waals surface area contributed by atoms with E-state index >= 15 is 0 Å². The Labute approximate surface area is 198 Å². The highest BCUT2D eigenvalue weighted by Gasteiger charge is 2.24. The second kappa shape index (κ2) is 8.26. The molecule has 7 nitrogen and oxygen atoms in total. The Morgan fingerprint density at radius 2 is 1.80 bits per heavy atom. The summed E-state index contributed by atoms with van der Waals surface area (Å²) in [6.07, 6.45) is 1.59. The van der Waals surface area contributed by atoms with Gasteiger partial charge in [-0.15, -0.1) is 0 Å². The van der Waals surface area contributed by atoms with Crippen LogP contribution in [0.4, 0.5) is 8.78 Å². The van der Waals surface area contributed by atoms with E-state index in [0.29, 0.717) is 33.8 Å². The number of benzene rings is 2. The van der Waals surface area contributed by atoms with Crippen molar-refractivity contribution in [3.63, 3.8) is 0 Å². The molecule has 0 unspecified atom stereocenters. The van der Waals surface area contributed by atoms with Crippen LogP contribution in [0.1, 0.15) is 24.3 Å². The summed E-state index contributed by atoms with van der Waals surface area (Å²) in [5, 5.41) is 9.81. The van der Waals surface area contributed by atoms with Gasteiger partial charge in [0.25, 0.3) is 12.0 Å². The highest BCUT2D eigenvalue weighted by molar-refractivity contribution is 5.91. The van der Waals surface area contributed by atoms with Gasteiger partial charge in [0.2, 0.25) is 5.88 Å². The van der Waals surface area contributed by atoms with Crippen molar-refractivity contribution in [1.82, 2.24) is 24.5 Å². The molecule has 1 saturated carbocycles. The van der Waals surface area contributed by atoms with Gasteiger partial charge in [-0.1, -0.05) is 24.3 Å². The van der Waals surface area contributed by atoms with Crippen molar-refractivity contribution in [3.05, 3.63) is 76.7 Å². The van der Waals surface area contributed by atoms with Gasteiger partial charge in [0, 0.05) is 24.7 Å². The summed E-state index contributed by atoms with van der Waals surface area (Å²) < 4.78 is 33.5. The first-order chi connectivity index (χ1) is 17.0. The van der Waals surface area contributed by atoms with Crippen LogP contribution in [0.15, 0.2) is 65.6 Å². The van der Waals surface area contributed by atoms with E-state index in [1.807, 2.05) is 49.6 Å². The smallest absolute Gasteiger partial charge is 0.281 e. The molecule has 0 aliphatic heterocycles. The number of alkyl halides is 2. The maximum absolute atomic E-state index is 13.8. The normalized spacial score (nSPS) is 13.7. The van der Waals surface area contributed by atoms with Crippen LogP contribution >= 0.6 is 0 Å². The fourth-order valence-corrected chi connectivity index (χ4v) is 4.33. The van der Waals surface area contributed by atoms with E-state index in [4.69, 9.17) is 4.74 Å². The molecule has 35 heavy (non-hydrogen) atoms. The minimum Gasteiger partial charge on any atom is -0.472 e. The molecule has 1 aliphatic carbocycles. The van der Waals surface area contributed by atoms with Crippen LogP contribution in [0.5, 0.6) is 5.88 Å². The van der Waals surface area contributed by atoms with E-state index in [9.17, 15) is 13.6 Å². The van der Waals surface area contributed by atoms with Gasteiger partial charge in [0.05, 0.1) is 16.8 Å². The molecule has 0 saturated heterocycles. The lowest BCUT2D eigenvalue weighted by Gasteiger charge is -2.13. The molecule has 0 spiro atoms. The maximum atomic E-state index is 13.8. The van der Waals surface area contributed by atoms with Crippen LogP contribution in [0, 0.1) is 0 Å². The third kappa shape index (κ3) is 4.03. The van der Waals surface area contributed by atoms with E-state index in [-0.39, 0.29) is 11.4 Å². The Bertz CT molecular complexity index is 1620. The van der Waals surface area contributed by atoms with Gasteiger partial charge >= 0.3 is 0 Å². The number of aryl methyl sites for hydroxylation is 1. The second-order valence-corrected chi connectivity index (χ2v) is 8.75. The third-order valence-electron chi connectivity index (χ3n) is 6.15. The molecule has 1 aliphatic rings. The summed E-state index contributed by atoms with van der Waals surface area (Å²) >= 11 is 0. The highest BCUT2D eigenvalue weighted by atomic mass is 19.3. The summed E-state index contributed by atoms with van der Waals surface area (Å²) in [5.74, 6) is 0.595. The fraction of sp³-hybridized carbons (Fsp3) is 0.231. The molecule has 1 fully saturated rings. The molecule has 9 heteroatoms. The van der Waals surface area contributed by atoms with Crippen molar-refractivity contribution in [2.45, 2.75) is 25.2 Å². The molecule has 5 aromatic rings. The first kappa shape index (κ1) is 21.4. The highest BCUT2D eigenvalue weighted by Crippen LogP contribution is 2.40. The van der Waals surface area contributed by atoms with E-state index in [1.165, 1.54) is 29.2 Å². The van der Waals surface area contributed by atoms with Crippen molar-refractivity contribution in [2.75, 3.05) is 6.61 Å². The van der Waals surface area contributed by atoms with Gasteiger partial charge in [-0.3, -0.25) is 9.48 Å². The van der Waals surface area contributed by atoms with Crippen molar-refractivity contribution in [2.24, 2.45) is 7.05 Å². The number of fused-ring (bicyclic) bond motifs is 2. The SMILES string of the molecule is Cn1cc2cc(-n3nc4ccc(OCC(F)F)nc4c(-c4ccc(C5CC5)cc4)c3=O)ccc2n1. The molecule has 0 amide bonds. The Hall–Kier alpha value is -4.14. The number of ether oxygens (including phenoxy) is 1. The van der Waals surface area contributed by atoms with Gasteiger partial charge in [0.1, 0.15) is 11.0 Å². The van der Waals surface area contributed by atoms with Crippen LogP contribution in [0.2, 0.25) is 0 Å². The average molecular weight is 473 g/mol. The number of pyridine rings is 1. The topological polar surface area (TPSA) is 74.8 Å². The van der Waals surface area contributed by atoms with Crippen LogP contribution < -0.4 is 10.3 Å². The van der Waals surface area contributed by atoms with Crippen LogP contribution in [0.3, 0.4) is 0 Å². The van der Waals surface area contributed by atoms with Crippen molar-refractivity contribution in [3.8, 4) is 22.7 Å². The Kier molecular flexibility index (Phi) is 5.05. The predicted molar refractivity (Wildman–Crippen MR) is 128 cm³/mol. The molecule has 3 aromatic heterocycles. The first-order valence-electron chi connectivity index (χ1n) is 11.4. The number of hydrogen-bond donors (Lipinski definition) is 0. The summed E-state index contributed by atoms with van der Waals surface area (Å²) in [5.41, 5.74) is 4.05. The number of nitrogens with zero attached hydrogens (tertiary/aromatic N) is 5. The standard InChI is InChI=1S/C26H21F2N5O2/c1-32-13-18-12-19(8-9-20(18)30-32)33-26(34)24(17-6-4-16(5-7-17)15-2-3-15)25-21(31-33)10-11-23(29-25)35-14-22(27)28/h4-13,15,22H,2-3,14H2,1H3. The lowest BCUT2D eigenvalue weighted by molar-refractivity contribution is 0.0798. The Balaban J connectivity index is 1.55. The summed E-state index contributed by atoms with van der Waals surface area (Å²) in [6.45, 7) is -0.778. The first-order valence-corrected chi connectivity index (χ1v) is 11.4. The fourth-order valence-electron chi connectivity index (χ4n) is 4.33. The predicted octanol–water partition coefficient (Wildman–Crippen LogP) is 4.86. The number of hydrogen-bond acceptors (Lipinski definition) is 5. The molecular weight excluding hydrogens is 452 g/mol. The molecule has 0 N–H and O–H groups in total. The maximum Gasteiger partial charge on any atom is 0.281 e. The van der Waals surface area contributed by atoms with Crippen LogP contribution in [-0.2, 0) is 7.05 Å². The van der Waals surface area contributed by atoms with Gasteiger partial charge in [-0.05, 0) is 54.2 Å². The molecule has 6 rings (SSSR count). The number of rotatable bonds is 6. The quantitative estimate of drug-likeness (QED) is 0.352. The van der Waals surface area contributed by atoms with Crippen LogP contribution in [0.25, 0.3) is 38.8 Å². The van der Waals surface area contributed by atoms with Gasteiger partial charge in [-0.2, -0.15) is 14.9 Å². The molecule has 176 valence electrons. The molecule has 0 radical (unpaired) electrons. The second-order valence-electron chi connectivity index (χ2n) is 8.75.